The zero-order valence-electron chi connectivity index (χ0n) is 13.1. The first-order valence-electron chi connectivity index (χ1n) is 6.97. The summed E-state index contributed by atoms with van der Waals surface area (Å²) in [6.07, 6.45) is 0. The summed E-state index contributed by atoms with van der Waals surface area (Å²) in [5.41, 5.74) is 5.59. The maximum absolute atomic E-state index is 4.36. The van der Waals surface area contributed by atoms with Crippen molar-refractivity contribution < 1.29 is 0 Å². The third kappa shape index (κ3) is 4.04. The standard InChI is InChI=1S/C16H22N4S/c1-12-7-5-6-8-14(12)10-20(4)16(17-3)18-9-15-13(2)19-11-21-15/h5-8,11H,9-10H2,1-4H3,(H,17,18). The average molecular weight is 302 g/mol. The summed E-state index contributed by atoms with van der Waals surface area (Å²) in [4.78, 5) is 12.0. The second-order valence-corrected chi connectivity index (χ2v) is 5.98. The number of nitrogens with zero attached hydrogens (tertiary/aromatic N) is 3. The number of aromatic nitrogens is 1. The van der Waals surface area contributed by atoms with Gasteiger partial charge in [0.25, 0.3) is 0 Å². The van der Waals surface area contributed by atoms with Crippen LogP contribution >= 0.6 is 11.3 Å². The number of rotatable bonds is 4. The number of hydrogen-bond acceptors (Lipinski definition) is 3. The molecule has 1 aromatic heterocycles. The third-order valence-electron chi connectivity index (χ3n) is 3.49. The zero-order valence-corrected chi connectivity index (χ0v) is 13.9. The smallest absolute Gasteiger partial charge is 0.193 e. The highest BCUT2D eigenvalue weighted by molar-refractivity contribution is 7.09. The van der Waals surface area contributed by atoms with Gasteiger partial charge in [-0.15, -0.1) is 11.3 Å². The molecule has 4 nitrogen and oxygen atoms in total. The van der Waals surface area contributed by atoms with E-state index in [2.05, 4.69) is 58.4 Å². The fraction of sp³-hybridized carbons (Fsp3) is 0.375. The molecule has 5 heteroatoms. The number of aryl methyl sites for hydroxylation is 2. The summed E-state index contributed by atoms with van der Waals surface area (Å²) in [6, 6.07) is 8.44. The number of guanidine groups is 1. The molecule has 0 saturated carbocycles. The molecule has 0 fully saturated rings. The highest BCUT2D eigenvalue weighted by Crippen LogP contribution is 2.12. The predicted octanol–water partition coefficient (Wildman–Crippen LogP) is 2.97. The van der Waals surface area contributed by atoms with Crippen molar-refractivity contribution >= 4 is 17.3 Å². The van der Waals surface area contributed by atoms with Crippen LogP contribution in [-0.4, -0.2) is 29.9 Å². The van der Waals surface area contributed by atoms with Gasteiger partial charge in [-0.2, -0.15) is 0 Å². The zero-order chi connectivity index (χ0) is 15.2. The van der Waals surface area contributed by atoms with Crippen LogP contribution in [0.1, 0.15) is 21.7 Å². The Morgan fingerprint density at radius 3 is 2.71 bits per heavy atom. The molecule has 0 unspecified atom stereocenters. The molecule has 1 heterocycles. The van der Waals surface area contributed by atoms with Crippen LogP contribution in [0.25, 0.3) is 0 Å². The number of benzene rings is 1. The SMILES string of the molecule is CN=C(NCc1scnc1C)N(C)Cc1ccccc1C. The van der Waals surface area contributed by atoms with Crippen molar-refractivity contribution in [1.82, 2.24) is 15.2 Å². The van der Waals surface area contributed by atoms with E-state index in [1.54, 1.807) is 11.3 Å². The number of hydrogen-bond donors (Lipinski definition) is 1. The van der Waals surface area contributed by atoms with Crippen LogP contribution in [0.5, 0.6) is 0 Å². The minimum absolute atomic E-state index is 0.765. The minimum Gasteiger partial charge on any atom is -0.351 e. The molecule has 0 bridgehead atoms. The summed E-state index contributed by atoms with van der Waals surface area (Å²) in [6.45, 7) is 5.78. The Kier molecular flexibility index (Phi) is 5.33. The largest absolute Gasteiger partial charge is 0.351 e. The molecule has 2 rings (SSSR count). The van der Waals surface area contributed by atoms with Gasteiger partial charge in [0.15, 0.2) is 5.96 Å². The van der Waals surface area contributed by atoms with Gasteiger partial charge in [0.05, 0.1) is 17.7 Å². The van der Waals surface area contributed by atoms with E-state index in [-0.39, 0.29) is 0 Å². The highest BCUT2D eigenvalue weighted by Gasteiger charge is 2.09. The Labute approximate surface area is 130 Å². The van der Waals surface area contributed by atoms with E-state index >= 15 is 0 Å². The summed E-state index contributed by atoms with van der Waals surface area (Å²) < 4.78 is 0. The van der Waals surface area contributed by atoms with Crippen LogP contribution in [0, 0.1) is 13.8 Å². The number of nitrogens with one attached hydrogen (secondary N) is 1. The molecule has 0 saturated heterocycles. The topological polar surface area (TPSA) is 40.5 Å². The van der Waals surface area contributed by atoms with Gasteiger partial charge >= 0.3 is 0 Å². The molecule has 2 aromatic rings. The van der Waals surface area contributed by atoms with Gasteiger partial charge in [-0.1, -0.05) is 24.3 Å². The van der Waals surface area contributed by atoms with Gasteiger partial charge in [-0.3, -0.25) is 4.99 Å². The lowest BCUT2D eigenvalue weighted by molar-refractivity contribution is 0.475. The molecule has 0 aliphatic heterocycles. The Balaban J connectivity index is 1.98. The van der Waals surface area contributed by atoms with Gasteiger partial charge in [-0.05, 0) is 25.0 Å². The first-order valence-corrected chi connectivity index (χ1v) is 7.85. The predicted molar refractivity (Wildman–Crippen MR) is 89.7 cm³/mol. The molecule has 112 valence electrons. The van der Waals surface area contributed by atoms with Crippen molar-refractivity contribution in [1.29, 1.82) is 0 Å². The second kappa shape index (κ2) is 7.22. The summed E-state index contributed by atoms with van der Waals surface area (Å²) >= 11 is 1.67. The molecular formula is C16H22N4S. The van der Waals surface area contributed by atoms with E-state index in [0.29, 0.717) is 0 Å². The van der Waals surface area contributed by atoms with E-state index < -0.39 is 0 Å². The van der Waals surface area contributed by atoms with Crippen molar-refractivity contribution in [2.24, 2.45) is 4.99 Å². The summed E-state index contributed by atoms with van der Waals surface area (Å²) in [5.74, 6) is 0.894. The normalized spacial score (nSPS) is 11.5. The fourth-order valence-corrected chi connectivity index (χ4v) is 2.87. The molecule has 0 aliphatic carbocycles. The Bertz CT molecular complexity index is 618. The molecule has 21 heavy (non-hydrogen) atoms. The minimum atomic E-state index is 0.765. The van der Waals surface area contributed by atoms with Crippen LogP contribution < -0.4 is 5.32 Å². The van der Waals surface area contributed by atoms with Crippen LogP contribution in [0.15, 0.2) is 34.8 Å². The number of thiazole rings is 1. The van der Waals surface area contributed by atoms with Crippen molar-refractivity contribution in [3.63, 3.8) is 0 Å². The van der Waals surface area contributed by atoms with Crippen LogP contribution in [-0.2, 0) is 13.1 Å². The fourth-order valence-electron chi connectivity index (χ4n) is 2.16. The lowest BCUT2D eigenvalue weighted by Crippen LogP contribution is -2.38. The molecule has 1 N–H and O–H groups in total. The maximum Gasteiger partial charge on any atom is 0.193 e. The van der Waals surface area contributed by atoms with Crippen molar-refractivity contribution in [3.8, 4) is 0 Å². The molecule has 0 aliphatic rings. The monoisotopic (exact) mass is 302 g/mol. The quantitative estimate of drug-likeness (QED) is 0.697. The van der Waals surface area contributed by atoms with Crippen molar-refractivity contribution in [3.05, 3.63) is 51.5 Å². The second-order valence-electron chi connectivity index (χ2n) is 5.04. The van der Waals surface area contributed by atoms with E-state index in [1.807, 2.05) is 19.5 Å². The molecule has 0 radical (unpaired) electrons. The molecule has 1 aromatic carbocycles. The Morgan fingerprint density at radius 1 is 1.33 bits per heavy atom. The maximum atomic E-state index is 4.36. The van der Waals surface area contributed by atoms with E-state index in [0.717, 1.165) is 24.7 Å². The first-order chi connectivity index (χ1) is 10.1. The van der Waals surface area contributed by atoms with Gasteiger partial charge < -0.3 is 10.2 Å². The lowest BCUT2D eigenvalue weighted by Gasteiger charge is -2.22. The molecule has 0 atom stereocenters. The van der Waals surface area contributed by atoms with Crippen LogP contribution in [0.2, 0.25) is 0 Å². The van der Waals surface area contributed by atoms with Gasteiger partial charge in [0.2, 0.25) is 0 Å². The Morgan fingerprint density at radius 2 is 2.10 bits per heavy atom. The van der Waals surface area contributed by atoms with E-state index in [9.17, 15) is 0 Å². The van der Waals surface area contributed by atoms with Crippen LogP contribution in [0.4, 0.5) is 0 Å². The number of aliphatic imine (C=N–C) groups is 1. The Hall–Kier alpha value is -1.88. The van der Waals surface area contributed by atoms with Crippen molar-refractivity contribution in [2.45, 2.75) is 26.9 Å². The van der Waals surface area contributed by atoms with Crippen molar-refractivity contribution in [2.75, 3.05) is 14.1 Å². The van der Waals surface area contributed by atoms with Gasteiger partial charge in [-0.25, -0.2) is 4.98 Å². The summed E-state index contributed by atoms with van der Waals surface area (Å²) in [5, 5.41) is 3.40. The van der Waals surface area contributed by atoms with E-state index in [1.165, 1.54) is 16.0 Å². The highest BCUT2D eigenvalue weighted by atomic mass is 32.1. The molecule has 0 spiro atoms. The molecular weight excluding hydrogens is 280 g/mol. The van der Waals surface area contributed by atoms with Gasteiger partial charge in [0.1, 0.15) is 0 Å². The first kappa shape index (κ1) is 15.5. The molecule has 0 amide bonds. The van der Waals surface area contributed by atoms with Crippen LogP contribution in [0.3, 0.4) is 0 Å². The lowest BCUT2D eigenvalue weighted by atomic mass is 10.1. The van der Waals surface area contributed by atoms with Gasteiger partial charge in [0, 0.05) is 25.5 Å². The average Bonchev–Trinajstić information content (AvgIpc) is 2.88. The third-order valence-corrected chi connectivity index (χ3v) is 4.43. The van der Waals surface area contributed by atoms with E-state index in [4.69, 9.17) is 0 Å². The summed E-state index contributed by atoms with van der Waals surface area (Å²) in [7, 11) is 3.87.